The van der Waals surface area contributed by atoms with Crippen molar-refractivity contribution in [1.29, 1.82) is 0 Å². The van der Waals surface area contributed by atoms with E-state index in [1.54, 1.807) is 5.38 Å². The number of thiazole rings is 1. The predicted molar refractivity (Wildman–Crippen MR) is 128 cm³/mol. The highest BCUT2D eigenvalue weighted by Crippen LogP contribution is 2.22. The summed E-state index contributed by atoms with van der Waals surface area (Å²) in [5.74, 6) is -0.464. The number of carbonyl (C=O) groups is 1. The Morgan fingerprint density at radius 1 is 1.06 bits per heavy atom. The molecule has 11 heteroatoms. The van der Waals surface area contributed by atoms with Crippen molar-refractivity contribution < 1.29 is 17.6 Å². The number of hydrogen-bond acceptors (Lipinski definition) is 6. The van der Waals surface area contributed by atoms with Gasteiger partial charge in [-0.1, -0.05) is 11.6 Å². The molecule has 0 atom stereocenters. The number of benzene rings is 2. The summed E-state index contributed by atoms with van der Waals surface area (Å²) in [6, 6.07) is 12.2. The van der Waals surface area contributed by atoms with Crippen molar-refractivity contribution >= 4 is 49.7 Å². The van der Waals surface area contributed by atoms with Crippen LogP contribution in [0.5, 0.6) is 0 Å². The number of aromatic nitrogens is 1. The summed E-state index contributed by atoms with van der Waals surface area (Å²) in [6.07, 6.45) is 0.722. The molecule has 0 saturated carbocycles. The minimum Gasteiger partial charge on any atom is -0.368 e. The minimum atomic E-state index is -3.85. The van der Waals surface area contributed by atoms with Crippen molar-refractivity contribution in [3.05, 3.63) is 70.4 Å². The van der Waals surface area contributed by atoms with E-state index in [9.17, 15) is 17.6 Å². The molecule has 1 aromatic heterocycles. The molecule has 4 rings (SSSR count). The molecule has 3 aromatic rings. The van der Waals surface area contributed by atoms with E-state index in [1.807, 2.05) is 29.2 Å². The number of carbonyl (C=O) groups excluding carboxylic acids is 1. The first-order valence-electron chi connectivity index (χ1n) is 10.3. The largest absolute Gasteiger partial charge is 0.368 e. The van der Waals surface area contributed by atoms with Gasteiger partial charge in [-0.25, -0.2) is 17.8 Å². The molecule has 1 aliphatic heterocycles. The van der Waals surface area contributed by atoms with Crippen LogP contribution in [0.3, 0.4) is 0 Å². The normalized spacial score (nSPS) is 14.4. The molecule has 1 saturated heterocycles. The maximum Gasteiger partial charge on any atom is 0.263 e. The molecule has 33 heavy (non-hydrogen) atoms. The number of sulfonamides is 1. The lowest BCUT2D eigenvalue weighted by Crippen LogP contribution is -2.48. The van der Waals surface area contributed by atoms with Gasteiger partial charge in [0, 0.05) is 48.7 Å². The maximum absolute atomic E-state index is 13.0. The van der Waals surface area contributed by atoms with E-state index in [1.165, 1.54) is 12.1 Å². The molecule has 1 amide bonds. The lowest BCUT2D eigenvalue weighted by atomic mass is 10.2. The van der Waals surface area contributed by atoms with Gasteiger partial charge in [0.25, 0.3) is 10.0 Å². The maximum atomic E-state index is 13.0. The van der Waals surface area contributed by atoms with Gasteiger partial charge >= 0.3 is 0 Å². The summed E-state index contributed by atoms with van der Waals surface area (Å²) in [5.41, 5.74) is 1.73. The van der Waals surface area contributed by atoms with Crippen LogP contribution in [0.25, 0.3) is 0 Å². The van der Waals surface area contributed by atoms with E-state index in [2.05, 4.69) is 14.6 Å². The molecule has 174 valence electrons. The van der Waals surface area contributed by atoms with Crippen molar-refractivity contribution in [3.63, 3.8) is 0 Å². The first-order valence-corrected chi connectivity index (χ1v) is 13.1. The average molecular weight is 509 g/mol. The molecule has 2 heterocycles. The van der Waals surface area contributed by atoms with Gasteiger partial charge in [-0.05, 0) is 55.0 Å². The molecule has 1 N–H and O–H groups in total. The zero-order chi connectivity index (χ0) is 23.4. The molecule has 1 aliphatic rings. The molecule has 1 fully saturated rings. The Morgan fingerprint density at radius 3 is 2.39 bits per heavy atom. The Hall–Kier alpha value is -2.69. The molecule has 0 aliphatic carbocycles. The van der Waals surface area contributed by atoms with Gasteiger partial charge < -0.3 is 9.80 Å². The highest BCUT2D eigenvalue weighted by molar-refractivity contribution is 7.93. The van der Waals surface area contributed by atoms with Crippen LogP contribution in [0.2, 0.25) is 5.02 Å². The van der Waals surface area contributed by atoms with Crippen LogP contribution in [-0.2, 0) is 21.2 Å². The SMILES string of the molecule is O=C(CCc1csc(NS(=O)(=O)c2ccc(F)cc2)n1)N1CCN(c2ccc(Cl)cc2)CC1. The standard InChI is InChI=1S/C22H22ClFN4O3S2/c23-16-1-6-19(7-2-16)27-11-13-28(14-12-27)21(29)10-5-18-15-32-22(25-18)26-33(30,31)20-8-3-17(24)4-9-20/h1-4,6-9,15H,5,10-14H2,(H,25,26). The second kappa shape index (κ2) is 10.1. The van der Waals surface area contributed by atoms with E-state index >= 15 is 0 Å². The highest BCUT2D eigenvalue weighted by Gasteiger charge is 2.22. The molecule has 2 aromatic carbocycles. The first-order chi connectivity index (χ1) is 15.8. The second-order valence-electron chi connectivity index (χ2n) is 7.55. The molecule has 0 unspecified atom stereocenters. The third-order valence-electron chi connectivity index (χ3n) is 5.32. The van der Waals surface area contributed by atoms with E-state index in [0.717, 1.165) is 42.2 Å². The number of nitrogens with zero attached hydrogens (tertiary/aromatic N) is 3. The van der Waals surface area contributed by atoms with Gasteiger partial charge in [0.15, 0.2) is 5.13 Å². The second-order valence-corrected chi connectivity index (χ2v) is 10.5. The Kier molecular flexibility index (Phi) is 7.16. The lowest BCUT2D eigenvalue weighted by Gasteiger charge is -2.36. The summed E-state index contributed by atoms with van der Waals surface area (Å²) in [6.45, 7) is 2.78. The number of hydrogen-bond donors (Lipinski definition) is 1. The van der Waals surface area contributed by atoms with Gasteiger partial charge in [-0.2, -0.15) is 0 Å². The van der Waals surface area contributed by atoms with Crippen LogP contribution in [0.15, 0.2) is 58.8 Å². The molecule has 0 radical (unpaired) electrons. The predicted octanol–water partition coefficient (Wildman–Crippen LogP) is 4.02. The average Bonchev–Trinajstić information content (AvgIpc) is 3.25. The van der Waals surface area contributed by atoms with Gasteiger partial charge in [0.05, 0.1) is 10.6 Å². The van der Waals surface area contributed by atoms with Crippen LogP contribution < -0.4 is 9.62 Å². The first kappa shape index (κ1) is 23.5. The lowest BCUT2D eigenvalue weighted by molar-refractivity contribution is -0.131. The number of rotatable bonds is 7. The number of anilines is 2. The summed E-state index contributed by atoms with van der Waals surface area (Å²) in [4.78, 5) is 20.9. The van der Waals surface area contributed by atoms with Crippen molar-refractivity contribution in [1.82, 2.24) is 9.88 Å². The number of aryl methyl sites for hydroxylation is 1. The summed E-state index contributed by atoms with van der Waals surface area (Å²) in [7, 11) is -3.85. The van der Waals surface area contributed by atoms with Crippen LogP contribution in [0.4, 0.5) is 15.2 Å². The monoisotopic (exact) mass is 508 g/mol. The third-order valence-corrected chi connectivity index (χ3v) is 7.86. The van der Waals surface area contributed by atoms with E-state index in [0.29, 0.717) is 36.6 Å². The fourth-order valence-electron chi connectivity index (χ4n) is 3.52. The molecule has 7 nitrogen and oxygen atoms in total. The molecule has 0 bridgehead atoms. The topological polar surface area (TPSA) is 82.6 Å². The summed E-state index contributed by atoms with van der Waals surface area (Å²) < 4.78 is 40.2. The van der Waals surface area contributed by atoms with E-state index in [-0.39, 0.29) is 15.9 Å². The zero-order valence-corrected chi connectivity index (χ0v) is 20.0. The number of amides is 1. The number of piperazine rings is 1. The summed E-state index contributed by atoms with van der Waals surface area (Å²) in [5, 5.41) is 2.63. The van der Waals surface area contributed by atoms with Crippen LogP contribution in [0.1, 0.15) is 12.1 Å². The number of nitrogens with one attached hydrogen (secondary N) is 1. The van der Waals surface area contributed by atoms with Gasteiger partial charge in [0.1, 0.15) is 5.82 Å². The van der Waals surface area contributed by atoms with Crippen molar-refractivity contribution in [3.8, 4) is 0 Å². The van der Waals surface area contributed by atoms with Crippen molar-refractivity contribution in [2.45, 2.75) is 17.7 Å². The fourth-order valence-corrected chi connectivity index (χ4v) is 5.64. The molecular formula is C22H22ClFN4O3S2. The smallest absolute Gasteiger partial charge is 0.263 e. The highest BCUT2D eigenvalue weighted by atomic mass is 35.5. The zero-order valence-electron chi connectivity index (χ0n) is 17.6. The van der Waals surface area contributed by atoms with Gasteiger partial charge in [-0.15, -0.1) is 11.3 Å². The van der Waals surface area contributed by atoms with Gasteiger partial charge in [0.2, 0.25) is 5.91 Å². The van der Waals surface area contributed by atoms with Crippen molar-refractivity contribution in [2.75, 3.05) is 35.8 Å². The third kappa shape index (κ3) is 6.01. The van der Waals surface area contributed by atoms with Crippen molar-refractivity contribution in [2.24, 2.45) is 0 Å². The van der Waals surface area contributed by atoms with E-state index < -0.39 is 15.8 Å². The van der Waals surface area contributed by atoms with E-state index in [4.69, 9.17) is 11.6 Å². The summed E-state index contributed by atoms with van der Waals surface area (Å²) >= 11 is 7.09. The fraction of sp³-hybridized carbons (Fsp3) is 0.273. The van der Waals surface area contributed by atoms with Gasteiger partial charge in [-0.3, -0.25) is 9.52 Å². The van der Waals surface area contributed by atoms with Crippen LogP contribution in [-0.4, -0.2) is 50.4 Å². The number of halogens is 2. The molecule has 0 spiro atoms. The Balaban J connectivity index is 1.26. The van der Waals surface area contributed by atoms with Crippen LogP contribution >= 0.6 is 22.9 Å². The quantitative estimate of drug-likeness (QED) is 0.521. The Bertz CT molecular complexity index is 1210. The molecular weight excluding hydrogens is 487 g/mol. The Labute approximate surface area is 200 Å². The van der Waals surface area contributed by atoms with Crippen LogP contribution in [0, 0.1) is 5.82 Å². The Morgan fingerprint density at radius 2 is 1.73 bits per heavy atom. The minimum absolute atomic E-state index is 0.0476.